The van der Waals surface area contributed by atoms with Crippen LogP contribution in [-0.4, -0.2) is 42.3 Å². The summed E-state index contributed by atoms with van der Waals surface area (Å²) in [5.41, 5.74) is 11.0. The maximum Gasteiger partial charge on any atom is 0.323 e. The first-order valence-corrected chi connectivity index (χ1v) is 10.2. The van der Waals surface area contributed by atoms with E-state index < -0.39 is 22.1 Å². The normalized spacial score (nSPS) is 15.9. The molecule has 0 unspecified atom stereocenters. The maximum atomic E-state index is 12.2. The molecule has 1 heterocycles. The lowest BCUT2D eigenvalue weighted by Gasteiger charge is -2.13. The molecule has 0 saturated heterocycles. The monoisotopic (exact) mass is 418 g/mol. The summed E-state index contributed by atoms with van der Waals surface area (Å²) in [5, 5.41) is 4.99. The van der Waals surface area contributed by atoms with E-state index in [4.69, 9.17) is 23.1 Å². The van der Waals surface area contributed by atoms with Crippen LogP contribution < -0.4 is 26.8 Å². The topological polar surface area (TPSA) is 177 Å². The quantitative estimate of drug-likeness (QED) is 0.324. The zero-order chi connectivity index (χ0) is 20.2. The molecule has 0 atom stereocenters. The van der Waals surface area contributed by atoms with Crippen molar-refractivity contribution in [3.8, 4) is 0 Å². The minimum atomic E-state index is -4.04. The SMILES string of the molecule is CC(C)Nc1nc(N)c(C(=O)NC(N)=NS(=O)(=O)NC2CCCC2)nc1Cl. The molecule has 0 bridgehead atoms. The molecule has 1 aliphatic rings. The van der Waals surface area contributed by atoms with Gasteiger partial charge in [0, 0.05) is 12.1 Å². The third-order valence-corrected chi connectivity index (χ3v) is 4.98. The maximum absolute atomic E-state index is 12.2. The van der Waals surface area contributed by atoms with Gasteiger partial charge in [0.05, 0.1) is 0 Å². The molecule has 1 aromatic heterocycles. The van der Waals surface area contributed by atoms with Crippen molar-refractivity contribution in [3.05, 3.63) is 10.8 Å². The summed E-state index contributed by atoms with van der Waals surface area (Å²) < 4.78 is 29.7. The van der Waals surface area contributed by atoms with E-state index in [0.717, 1.165) is 25.7 Å². The van der Waals surface area contributed by atoms with E-state index in [1.165, 1.54) is 0 Å². The Hall–Kier alpha value is -2.18. The number of nitrogens with zero attached hydrogens (tertiary/aromatic N) is 3. The Bertz CT molecular complexity index is 837. The molecule has 1 saturated carbocycles. The highest BCUT2D eigenvalue weighted by molar-refractivity contribution is 7.88. The van der Waals surface area contributed by atoms with Gasteiger partial charge in [0.15, 0.2) is 22.5 Å². The third-order valence-electron chi connectivity index (χ3n) is 3.65. The van der Waals surface area contributed by atoms with Crippen LogP contribution in [0, 0.1) is 0 Å². The van der Waals surface area contributed by atoms with Gasteiger partial charge in [0.2, 0.25) is 5.96 Å². The van der Waals surface area contributed by atoms with Crippen molar-refractivity contribution in [2.24, 2.45) is 10.1 Å². The van der Waals surface area contributed by atoms with Crippen LogP contribution in [0.4, 0.5) is 11.6 Å². The number of amides is 1. The number of anilines is 2. The van der Waals surface area contributed by atoms with Crippen LogP contribution in [0.25, 0.3) is 0 Å². The van der Waals surface area contributed by atoms with Gasteiger partial charge in [-0.15, -0.1) is 4.40 Å². The van der Waals surface area contributed by atoms with Gasteiger partial charge in [0.1, 0.15) is 0 Å². The van der Waals surface area contributed by atoms with Crippen molar-refractivity contribution < 1.29 is 13.2 Å². The summed E-state index contributed by atoms with van der Waals surface area (Å²) in [6.45, 7) is 3.73. The molecule has 150 valence electrons. The average molecular weight is 419 g/mol. The van der Waals surface area contributed by atoms with E-state index in [9.17, 15) is 13.2 Å². The van der Waals surface area contributed by atoms with Crippen molar-refractivity contribution in [2.75, 3.05) is 11.1 Å². The molecule has 11 nitrogen and oxygen atoms in total. The summed E-state index contributed by atoms with van der Waals surface area (Å²) in [7, 11) is -4.04. The van der Waals surface area contributed by atoms with Crippen molar-refractivity contribution >= 4 is 45.3 Å². The predicted octanol–water partition coefficient (Wildman–Crippen LogP) is 0.354. The first-order valence-electron chi connectivity index (χ1n) is 8.36. The van der Waals surface area contributed by atoms with Crippen molar-refractivity contribution in [1.82, 2.24) is 20.0 Å². The Labute approximate surface area is 162 Å². The highest BCUT2D eigenvalue weighted by Crippen LogP contribution is 2.21. The molecule has 0 radical (unpaired) electrons. The van der Waals surface area contributed by atoms with Gasteiger partial charge in [-0.25, -0.2) is 9.97 Å². The average Bonchev–Trinajstić information content (AvgIpc) is 3.01. The Morgan fingerprint density at radius 3 is 2.52 bits per heavy atom. The smallest absolute Gasteiger partial charge is 0.323 e. The van der Waals surface area contributed by atoms with Crippen molar-refractivity contribution in [2.45, 2.75) is 51.6 Å². The van der Waals surface area contributed by atoms with Crippen LogP contribution in [0.1, 0.15) is 50.0 Å². The van der Waals surface area contributed by atoms with E-state index in [1.54, 1.807) is 0 Å². The third kappa shape index (κ3) is 6.19. The summed E-state index contributed by atoms with van der Waals surface area (Å²) in [6.07, 6.45) is 3.37. The predicted molar refractivity (Wildman–Crippen MR) is 104 cm³/mol. The molecular weight excluding hydrogens is 396 g/mol. The second-order valence-corrected chi connectivity index (χ2v) is 8.13. The number of halogens is 1. The number of aromatic nitrogens is 2. The highest BCUT2D eigenvalue weighted by atomic mass is 35.5. The van der Waals surface area contributed by atoms with Crippen LogP contribution in [-0.2, 0) is 10.2 Å². The standard InChI is InChI=1S/C14H23ClN8O3S/c1-7(2)18-12-10(15)19-9(11(16)20-12)13(24)21-14(17)23-27(25,26)22-8-5-3-4-6-8/h7-8,22H,3-6H2,1-2H3,(H3,16,18,20)(H3,17,21,23,24). The number of nitrogens with one attached hydrogen (secondary N) is 3. The Balaban J connectivity index is 2.10. The summed E-state index contributed by atoms with van der Waals surface area (Å²) >= 11 is 5.99. The zero-order valence-corrected chi connectivity index (χ0v) is 16.6. The second-order valence-electron chi connectivity index (χ2n) is 6.40. The number of nitrogen functional groups attached to an aromatic ring is 1. The van der Waals surface area contributed by atoms with Gasteiger partial charge in [-0.1, -0.05) is 24.4 Å². The molecular formula is C14H23ClN8O3S. The number of carbonyl (C=O) groups is 1. The number of guanidine groups is 1. The number of hydrogen-bond donors (Lipinski definition) is 5. The number of rotatable bonds is 6. The van der Waals surface area contributed by atoms with E-state index >= 15 is 0 Å². The zero-order valence-electron chi connectivity index (χ0n) is 15.0. The lowest BCUT2D eigenvalue weighted by atomic mass is 10.3. The van der Waals surface area contributed by atoms with E-state index in [1.807, 2.05) is 13.8 Å². The van der Waals surface area contributed by atoms with Gasteiger partial charge in [-0.05, 0) is 26.7 Å². The largest absolute Gasteiger partial charge is 0.382 e. The first-order chi connectivity index (χ1) is 12.6. The molecule has 0 spiro atoms. The second kappa shape index (κ2) is 8.67. The molecule has 13 heteroatoms. The first kappa shape index (κ1) is 21.1. The van der Waals surface area contributed by atoms with Crippen LogP contribution >= 0.6 is 11.6 Å². The minimum Gasteiger partial charge on any atom is -0.382 e. The molecule has 2 rings (SSSR count). The molecule has 0 aliphatic heterocycles. The minimum absolute atomic E-state index is 0.0243. The number of carbonyl (C=O) groups excluding carboxylic acids is 1. The van der Waals surface area contributed by atoms with Crippen LogP contribution in [0.2, 0.25) is 5.15 Å². The number of nitrogens with two attached hydrogens (primary N) is 2. The summed E-state index contributed by atoms with van der Waals surface area (Å²) in [4.78, 5) is 20.1. The summed E-state index contributed by atoms with van der Waals surface area (Å²) in [5.74, 6) is -1.46. The lowest BCUT2D eigenvalue weighted by Crippen LogP contribution is -2.40. The van der Waals surface area contributed by atoms with Gasteiger partial charge < -0.3 is 16.8 Å². The van der Waals surface area contributed by atoms with E-state index in [2.05, 4.69) is 29.7 Å². The fraction of sp³-hybridized carbons (Fsp3) is 0.571. The number of hydrogen-bond acceptors (Lipinski definition) is 7. The van der Waals surface area contributed by atoms with Crippen LogP contribution in [0.15, 0.2) is 4.40 Å². The van der Waals surface area contributed by atoms with Gasteiger partial charge in [-0.3, -0.25) is 10.1 Å². The Morgan fingerprint density at radius 2 is 1.93 bits per heavy atom. The van der Waals surface area contributed by atoms with Crippen molar-refractivity contribution in [1.29, 1.82) is 0 Å². The van der Waals surface area contributed by atoms with Crippen LogP contribution in [0.3, 0.4) is 0 Å². The molecule has 1 aromatic rings. The lowest BCUT2D eigenvalue weighted by molar-refractivity contribution is 0.0972. The molecule has 1 amide bonds. The molecule has 0 aromatic carbocycles. The van der Waals surface area contributed by atoms with Gasteiger partial charge >= 0.3 is 10.2 Å². The Kier molecular flexibility index (Phi) is 6.78. The molecule has 7 N–H and O–H groups in total. The van der Waals surface area contributed by atoms with Gasteiger partial charge in [-0.2, -0.15) is 13.1 Å². The summed E-state index contributed by atoms with van der Waals surface area (Å²) in [6, 6.07) is -0.153. The molecule has 1 fully saturated rings. The van der Waals surface area contributed by atoms with Crippen molar-refractivity contribution in [3.63, 3.8) is 0 Å². The fourth-order valence-electron chi connectivity index (χ4n) is 2.57. The van der Waals surface area contributed by atoms with E-state index in [-0.39, 0.29) is 34.6 Å². The fourth-order valence-corrected chi connectivity index (χ4v) is 3.76. The Morgan fingerprint density at radius 1 is 1.30 bits per heavy atom. The van der Waals surface area contributed by atoms with Gasteiger partial charge in [0.25, 0.3) is 5.91 Å². The highest BCUT2D eigenvalue weighted by Gasteiger charge is 2.22. The molecule has 1 aliphatic carbocycles. The molecule has 27 heavy (non-hydrogen) atoms. The van der Waals surface area contributed by atoms with Crippen LogP contribution in [0.5, 0.6) is 0 Å². The van der Waals surface area contributed by atoms with E-state index in [0.29, 0.717) is 0 Å².